The van der Waals surface area contributed by atoms with Crippen molar-refractivity contribution in [2.45, 2.75) is 25.7 Å². The lowest BCUT2D eigenvalue weighted by Crippen LogP contribution is -2.38. The third-order valence-corrected chi connectivity index (χ3v) is 5.73. The van der Waals surface area contributed by atoms with Gasteiger partial charge in [0.05, 0.1) is 22.5 Å². The zero-order valence-corrected chi connectivity index (χ0v) is 17.7. The zero-order valence-electron chi connectivity index (χ0n) is 17.7. The van der Waals surface area contributed by atoms with E-state index in [-0.39, 0.29) is 11.8 Å². The van der Waals surface area contributed by atoms with Gasteiger partial charge in [-0.25, -0.2) is 9.97 Å². The van der Waals surface area contributed by atoms with Crippen molar-refractivity contribution in [2.24, 2.45) is 0 Å². The molecule has 0 bridgehead atoms. The monoisotopic (exact) mass is 426 g/mol. The summed E-state index contributed by atoms with van der Waals surface area (Å²) in [5.74, 6) is 1.50. The van der Waals surface area contributed by atoms with Gasteiger partial charge in [-0.05, 0) is 44.0 Å². The number of hydrogen-bond donors (Lipinski definition) is 0. The number of likely N-dealkylation sites (tertiary alicyclic amines) is 1. The molecular formula is C24H22N6O2. The molecule has 4 aromatic heterocycles. The minimum Gasteiger partial charge on any atom is -0.356 e. The van der Waals surface area contributed by atoms with E-state index in [1.807, 2.05) is 36.2 Å². The van der Waals surface area contributed by atoms with Crippen molar-refractivity contribution in [3.63, 3.8) is 0 Å². The molecule has 1 fully saturated rings. The van der Waals surface area contributed by atoms with Gasteiger partial charge in [0.2, 0.25) is 0 Å². The number of piperidine rings is 1. The topological polar surface area (TPSA) is 97.9 Å². The predicted molar refractivity (Wildman–Crippen MR) is 118 cm³/mol. The summed E-state index contributed by atoms with van der Waals surface area (Å²) >= 11 is 0. The van der Waals surface area contributed by atoms with Gasteiger partial charge < -0.3 is 9.42 Å². The Morgan fingerprint density at radius 3 is 2.56 bits per heavy atom. The van der Waals surface area contributed by atoms with Gasteiger partial charge >= 0.3 is 0 Å². The average molecular weight is 426 g/mol. The van der Waals surface area contributed by atoms with E-state index in [1.165, 1.54) is 0 Å². The van der Waals surface area contributed by atoms with Crippen LogP contribution in [0.25, 0.3) is 22.7 Å². The van der Waals surface area contributed by atoms with E-state index in [1.54, 1.807) is 36.9 Å². The molecule has 0 spiro atoms. The van der Waals surface area contributed by atoms with Crippen LogP contribution in [0.4, 0.5) is 0 Å². The molecule has 1 saturated heterocycles. The Balaban J connectivity index is 1.43. The van der Waals surface area contributed by atoms with Crippen molar-refractivity contribution in [1.29, 1.82) is 0 Å². The first-order chi connectivity index (χ1) is 15.7. The largest absolute Gasteiger partial charge is 0.356 e. The number of aryl methyl sites for hydroxylation is 1. The standard InChI is InChI=1S/C24H22N6O2/c1-16-13-21(32-29-16)20-15-27-23(18-4-9-25-10-5-18)28-22(20)17-6-11-30(12-7-17)24(31)19-3-2-8-26-14-19/h2-5,8-10,13-15,17H,6-7,11-12H2,1H3. The number of rotatable bonds is 4. The molecule has 0 aliphatic carbocycles. The van der Waals surface area contributed by atoms with E-state index in [0.29, 0.717) is 30.2 Å². The smallest absolute Gasteiger partial charge is 0.255 e. The van der Waals surface area contributed by atoms with Crippen LogP contribution in [0.2, 0.25) is 0 Å². The number of nitrogens with zero attached hydrogens (tertiary/aromatic N) is 6. The van der Waals surface area contributed by atoms with Crippen molar-refractivity contribution >= 4 is 5.91 Å². The molecule has 0 aromatic carbocycles. The summed E-state index contributed by atoms with van der Waals surface area (Å²) in [5, 5.41) is 4.03. The Bertz CT molecular complexity index is 1220. The molecule has 0 atom stereocenters. The molecule has 1 aliphatic heterocycles. The lowest BCUT2D eigenvalue weighted by molar-refractivity contribution is 0.0711. The number of amides is 1. The molecule has 0 unspecified atom stereocenters. The highest BCUT2D eigenvalue weighted by Crippen LogP contribution is 2.35. The summed E-state index contributed by atoms with van der Waals surface area (Å²) in [6.07, 6.45) is 10.2. The van der Waals surface area contributed by atoms with Crippen LogP contribution in [0.3, 0.4) is 0 Å². The van der Waals surface area contributed by atoms with Crippen LogP contribution in [-0.4, -0.2) is 49.0 Å². The van der Waals surface area contributed by atoms with Gasteiger partial charge in [0, 0.05) is 61.6 Å². The summed E-state index contributed by atoms with van der Waals surface area (Å²) in [7, 11) is 0. The highest BCUT2D eigenvalue weighted by molar-refractivity contribution is 5.93. The molecule has 8 heteroatoms. The molecule has 32 heavy (non-hydrogen) atoms. The normalized spacial score (nSPS) is 14.5. The van der Waals surface area contributed by atoms with Gasteiger partial charge in [0.15, 0.2) is 11.6 Å². The number of hydrogen-bond acceptors (Lipinski definition) is 7. The van der Waals surface area contributed by atoms with Crippen molar-refractivity contribution in [1.82, 2.24) is 30.0 Å². The van der Waals surface area contributed by atoms with Crippen LogP contribution < -0.4 is 0 Å². The molecule has 8 nitrogen and oxygen atoms in total. The molecule has 0 N–H and O–H groups in total. The van der Waals surface area contributed by atoms with E-state index in [0.717, 1.165) is 35.4 Å². The number of carbonyl (C=O) groups is 1. The van der Waals surface area contributed by atoms with Crippen molar-refractivity contribution in [3.8, 4) is 22.7 Å². The van der Waals surface area contributed by atoms with Crippen LogP contribution in [0.5, 0.6) is 0 Å². The molecular weight excluding hydrogens is 404 g/mol. The van der Waals surface area contributed by atoms with Gasteiger partial charge in [-0.3, -0.25) is 14.8 Å². The highest BCUT2D eigenvalue weighted by Gasteiger charge is 2.28. The molecule has 4 aromatic rings. The Morgan fingerprint density at radius 1 is 1.06 bits per heavy atom. The molecule has 5 rings (SSSR count). The maximum absolute atomic E-state index is 12.8. The second kappa shape index (κ2) is 8.66. The van der Waals surface area contributed by atoms with E-state index in [4.69, 9.17) is 9.51 Å². The van der Waals surface area contributed by atoms with Crippen LogP contribution in [0.15, 0.2) is 65.8 Å². The quantitative estimate of drug-likeness (QED) is 0.488. The van der Waals surface area contributed by atoms with Gasteiger partial charge in [0.25, 0.3) is 5.91 Å². The van der Waals surface area contributed by atoms with Crippen molar-refractivity contribution in [2.75, 3.05) is 13.1 Å². The lowest BCUT2D eigenvalue weighted by Gasteiger charge is -2.32. The summed E-state index contributed by atoms with van der Waals surface area (Å²) in [5.41, 5.74) is 4.11. The Hall–Kier alpha value is -3.94. The maximum atomic E-state index is 12.8. The van der Waals surface area contributed by atoms with E-state index in [9.17, 15) is 4.79 Å². The fraction of sp³-hybridized carbons (Fsp3) is 0.250. The van der Waals surface area contributed by atoms with Gasteiger partial charge in [-0.1, -0.05) is 5.16 Å². The summed E-state index contributed by atoms with van der Waals surface area (Å²) in [6, 6.07) is 9.28. The SMILES string of the molecule is Cc1cc(-c2cnc(-c3ccncc3)nc2C2CCN(C(=O)c3cccnc3)CC2)on1. The van der Waals surface area contributed by atoms with Crippen molar-refractivity contribution in [3.05, 3.63) is 78.3 Å². The van der Waals surface area contributed by atoms with Gasteiger partial charge in [-0.2, -0.15) is 0 Å². The Kier molecular flexibility index (Phi) is 5.41. The lowest BCUT2D eigenvalue weighted by atomic mass is 9.89. The molecule has 0 radical (unpaired) electrons. The molecule has 1 amide bonds. The molecule has 5 heterocycles. The highest BCUT2D eigenvalue weighted by atomic mass is 16.5. The first-order valence-electron chi connectivity index (χ1n) is 10.6. The van der Waals surface area contributed by atoms with Crippen LogP contribution in [-0.2, 0) is 0 Å². The average Bonchev–Trinajstić information content (AvgIpc) is 3.30. The zero-order chi connectivity index (χ0) is 21.9. The second-order valence-electron chi connectivity index (χ2n) is 7.87. The minimum absolute atomic E-state index is 0.0165. The first kappa shape index (κ1) is 20.0. The van der Waals surface area contributed by atoms with Gasteiger partial charge in [0.1, 0.15) is 0 Å². The van der Waals surface area contributed by atoms with Gasteiger partial charge in [-0.15, -0.1) is 0 Å². The van der Waals surface area contributed by atoms with Crippen molar-refractivity contribution < 1.29 is 9.32 Å². The van der Waals surface area contributed by atoms with E-state index in [2.05, 4.69) is 20.1 Å². The molecule has 160 valence electrons. The Morgan fingerprint density at radius 2 is 1.88 bits per heavy atom. The third-order valence-electron chi connectivity index (χ3n) is 5.73. The van der Waals surface area contributed by atoms with Crippen LogP contribution in [0, 0.1) is 6.92 Å². The first-order valence-corrected chi connectivity index (χ1v) is 10.6. The number of aromatic nitrogens is 5. The minimum atomic E-state index is 0.0165. The number of pyridine rings is 2. The van der Waals surface area contributed by atoms with Crippen LogP contribution in [0.1, 0.15) is 40.5 Å². The summed E-state index contributed by atoms with van der Waals surface area (Å²) in [6.45, 7) is 3.20. The fourth-order valence-corrected chi connectivity index (χ4v) is 4.05. The predicted octanol–water partition coefficient (Wildman–Crippen LogP) is 3.92. The third kappa shape index (κ3) is 3.99. The second-order valence-corrected chi connectivity index (χ2v) is 7.87. The molecule has 0 saturated carbocycles. The Labute approximate surface area is 185 Å². The fourth-order valence-electron chi connectivity index (χ4n) is 4.05. The number of carbonyl (C=O) groups excluding carboxylic acids is 1. The molecule has 1 aliphatic rings. The summed E-state index contributed by atoms with van der Waals surface area (Å²) < 4.78 is 5.53. The van der Waals surface area contributed by atoms with E-state index >= 15 is 0 Å². The van der Waals surface area contributed by atoms with Crippen LogP contribution >= 0.6 is 0 Å². The summed E-state index contributed by atoms with van der Waals surface area (Å²) in [4.78, 5) is 32.3. The maximum Gasteiger partial charge on any atom is 0.255 e. The van der Waals surface area contributed by atoms with E-state index < -0.39 is 0 Å².